The van der Waals surface area contributed by atoms with Gasteiger partial charge in [-0.1, -0.05) is 12.1 Å². The fourth-order valence-electron chi connectivity index (χ4n) is 4.82. The lowest BCUT2D eigenvalue weighted by Gasteiger charge is -2.37. The van der Waals surface area contributed by atoms with Crippen LogP contribution in [0.5, 0.6) is 0 Å². The minimum Gasteiger partial charge on any atom is -0.367 e. The second-order valence-corrected chi connectivity index (χ2v) is 10.4. The molecule has 0 atom stereocenters. The summed E-state index contributed by atoms with van der Waals surface area (Å²) in [5, 5.41) is 10.3. The smallest absolute Gasteiger partial charge is 0.330 e. The molecule has 1 aromatic heterocycles. The zero-order chi connectivity index (χ0) is 24.5. The van der Waals surface area contributed by atoms with E-state index in [4.69, 9.17) is 9.94 Å². The molecule has 0 bridgehead atoms. The fourth-order valence-corrected chi connectivity index (χ4v) is 4.82. The molecule has 0 unspecified atom stereocenters. The van der Waals surface area contributed by atoms with Crippen LogP contribution in [0.4, 0.5) is 5.69 Å². The van der Waals surface area contributed by atoms with E-state index < -0.39 is 5.41 Å². The average Bonchev–Trinajstić information content (AvgIpc) is 3.16. The lowest BCUT2D eigenvalue weighted by molar-refractivity contribution is -0.206. The standard InChI is InChI=1S/C25H35N5O4/c1-17-20-6-5-7-21(26-16-31)22(20)27-30(17)19-10-12-28(13-11-19)23(32)18-8-14-29(15-9-18)34-24(33)25(2,3)4/h5-7,16,18-19H,8-15H2,1-4H3,(H,26,31). The van der Waals surface area contributed by atoms with E-state index in [2.05, 4.69) is 16.9 Å². The Morgan fingerprint density at radius 3 is 2.38 bits per heavy atom. The maximum absolute atomic E-state index is 13.1. The fraction of sp³-hybridized carbons (Fsp3) is 0.600. The molecule has 2 saturated heterocycles. The molecule has 4 rings (SSSR count). The average molecular weight is 470 g/mol. The van der Waals surface area contributed by atoms with E-state index in [1.54, 1.807) is 5.06 Å². The summed E-state index contributed by atoms with van der Waals surface area (Å²) in [5.41, 5.74) is 2.04. The number of carbonyl (C=O) groups excluding carboxylic acids is 3. The van der Waals surface area contributed by atoms with Crippen molar-refractivity contribution < 1.29 is 19.2 Å². The van der Waals surface area contributed by atoms with E-state index in [0.717, 1.165) is 29.4 Å². The van der Waals surface area contributed by atoms with Crippen molar-refractivity contribution in [3.8, 4) is 0 Å². The lowest BCUT2D eigenvalue weighted by Crippen LogP contribution is -2.46. The van der Waals surface area contributed by atoms with Crippen LogP contribution in [0.25, 0.3) is 10.9 Å². The Bertz CT molecular complexity index is 1060. The third kappa shape index (κ3) is 4.94. The van der Waals surface area contributed by atoms with Gasteiger partial charge >= 0.3 is 5.97 Å². The summed E-state index contributed by atoms with van der Waals surface area (Å²) in [7, 11) is 0. The summed E-state index contributed by atoms with van der Waals surface area (Å²) in [5.74, 6) is -0.0535. The van der Waals surface area contributed by atoms with Gasteiger partial charge in [0.1, 0.15) is 5.52 Å². The van der Waals surface area contributed by atoms with Crippen LogP contribution < -0.4 is 5.32 Å². The van der Waals surface area contributed by atoms with Gasteiger partial charge in [0.25, 0.3) is 0 Å². The van der Waals surface area contributed by atoms with Crippen molar-refractivity contribution in [3.05, 3.63) is 23.9 Å². The number of likely N-dealkylation sites (tertiary alicyclic amines) is 1. The van der Waals surface area contributed by atoms with Crippen LogP contribution in [-0.4, -0.2) is 64.2 Å². The highest BCUT2D eigenvalue weighted by atomic mass is 16.7. The number of hydrogen-bond acceptors (Lipinski definition) is 6. The molecule has 1 N–H and O–H groups in total. The van der Waals surface area contributed by atoms with Gasteiger partial charge < -0.3 is 15.1 Å². The van der Waals surface area contributed by atoms with Gasteiger partial charge in [-0.2, -0.15) is 5.10 Å². The van der Waals surface area contributed by atoms with Gasteiger partial charge in [0, 0.05) is 43.2 Å². The first-order valence-corrected chi connectivity index (χ1v) is 12.1. The number of fused-ring (bicyclic) bond motifs is 1. The maximum atomic E-state index is 13.1. The monoisotopic (exact) mass is 469 g/mol. The first kappa shape index (κ1) is 24.2. The highest BCUT2D eigenvalue weighted by Gasteiger charge is 2.34. The van der Waals surface area contributed by atoms with Crippen LogP contribution in [0.3, 0.4) is 0 Å². The predicted octanol–water partition coefficient (Wildman–Crippen LogP) is 3.29. The molecule has 184 valence electrons. The SMILES string of the molecule is Cc1c2cccc(NC=O)c2nn1C1CCN(C(=O)C2CCN(OC(=O)C(C)(C)C)CC2)CC1. The summed E-state index contributed by atoms with van der Waals surface area (Å²) in [6.45, 7) is 10.2. The number of aromatic nitrogens is 2. The van der Waals surface area contributed by atoms with E-state index in [9.17, 15) is 14.4 Å². The van der Waals surface area contributed by atoms with Crippen molar-refractivity contribution in [2.75, 3.05) is 31.5 Å². The second-order valence-electron chi connectivity index (χ2n) is 10.4. The molecule has 0 saturated carbocycles. The van der Waals surface area contributed by atoms with Gasteiger partial charge in [-0.25, -0.2) is 4.79 Å². The molecule has 0 radical (unpaired) electrons. The molecule has 3 heterocycles. The van der Waals surface area contributed by atoms with Gasteiger partial charge in [0.2, 0.25) is 12.3 Å². The van der Waals surface area contributed by atoms with Crippen LogP contribution >= 0.6 is 0 Å². The van der Waals surface area contributed by atoms with Crippen molar-refractivity contribution in [2.45, 2.75) is 59.4 Å². The Balaban J connectivity index is 1.33. The molecule has 1 aromatic carbocycles. The molecular formula is C25H35N5O4. The topological polar surface area (TPSA) is 96.8 Å². The minimum absolute atomic E-state index is 0.0212. The Morgan fingerprint density at radius 2 is 1.76 bits per heavy atom. The number of nitrogens with zero attached hydrogens (tertiary/aromatic N) is 4. The number of nitrogens with one attached hydrogen (secondary N) is 1. The van der Waals surface area contributed by atoms with Crippen molar-refractivity contribution in [1.82, 2.24) is 19.7 Å². The number of piperidine rings is 2. The quantitative estimate of drug-likeness (QED) is 0.675. The maximum Gasteiger partial charge on any atom is 0.330 e. The lowest BCUT2D eigenvalue weighted by atomic mass is 9.94. The zero-order valence-corrected chi connectivity index (χ0v) is 20.5. The zero-order valence-electron chi connectivity index (χ0n) is 20.5. The Morgan fingerprint density at radius 1 is 1.09 bits per heavy atom. The van der Waals surface area contributed by atoms with Crippen molar-refractivity contribution >= 4 is 34.9 Å². The summed E-state index contributed by atoms with van der Waals surface area (Å²) >= 11 is 0. The highest BCUT2D eigenvalue weighted by molar-refractivity contribution is 5.95. The van der Waals surface area contributed by atoms with E-state index in [1.807, 2.05) is 43.9 Å². The Hall–Kier alpha value is -2.94. The summed E-state index contributed by atoms with van der Waals surface area (Å²) in [6.07, 6.45) is 3.77. The normalized spacial score (nSPS) is 18.8. The molecule has 2 amide bonds. The van der Waals surface area contributed by atoms with Crippen LogP contribution in [0.2, 0.25) is 0 Å². The molecule has 2 aromatic rings. The van der Waals surface area contributed by atoms with Gasteiger partial charge in [-0.3, -0.25) is 14.3 Å². The van der Waals surface area contributed by atoms with Crippen LogP contribution in [0.1, 0.15) is 58.2 Å². The number of hydrogen-bond donors (Lipinski definition) is 1. The minimum atomic E-state index is -0.539. The number of anilines is 1. The molecule has 9 heteroatoms. The first-order valence-electron chi connectivity index (χ1n) is 12.1. The number of benzene rings is 1. The van der Waals surface area contributed by atoms with Crippen LogP contribution in [0.15, 0.2) is 18.2 Å². The third-order valence-corrected chi connectivity index (χ3v) is 6.94. The molecule has 34 heavy (non-hydrogen) atoms. The number of amides is 2. The summed E-state index contributed by atoms with van der Waals surface area (Å²) in [4.78, 5) is 43.7. The number of aryl methyl sites for hydroxylation is 1. The van der Waals surface area contributed by atoms with E-state index in [1.165, 1.54) is 0 Å². The number of carbonyl (C=O) groups is 3. The van der Waals surface area contributed by atoms with Crippen molar-refractivity contribution in [2.24, 2.45) is 11.3 Å². The van der Waals surface area contributed by atoms with E-state index >= 15 is 0 Å². The molecular weight excluding hydrogens is 434 g/mol. The van der Waals surface area contributed by atoms with Gasteiger partial charge in [0.05, 0.1) is 17.1 Å². The first-order chi connectivity index (χ1) is 16.2. The predicted molar refractivity (Wildman–Crippen MR) is 129 cm³/mol. The Kier molecular flexibility index (Phi) is 6.93. The van der Waals surface area contributed by atoms with Crippen molar-refractivity contribution in [3.63, 3.8) is 0 Å². The summed E-state index contributed by atoms with van der Waals surface area (Å²) in [6, 6.07) is 6.02. The van der Waals surface area contributed by atoms with Gasteiger partial charge in [-0.05, 0) is 59.4 Å². The molecule has 9 nitrogen and oxygen atoms in total. The molecule has 2 fully saturated rings. The largest absolute Gasteiger partial charge is 0.367 e. The molecule has 2 aliphatic heterocycles. The summed E-state index contributed by atoms with van der Waals surface area (Å²) < 4.78 is 2.06. The number of hydroxylamine groups is 2. The van der Waals surface area contributed by atoms with Gasteiger partial charge in [0.15, 0.2) is 0 Å². The van der Waals surface area contributed by atoms with E-state index in [-0.39, 0.29) is 23.8 Å². The number of rotatable bonds is 5. The second kappa shape index (κ2) is 9.74. The highest BCUT2D eigenvalue weighted by Crippen LogP contribution is 2.31. The molecule has 2 aliphatic rings. The van der Waals surface area contributed by atoms with Crippen LogP contribution in [0, 0.1) is 18.3 Å². The third-order valence-electron chi connectivity index (χ3n) is 6.94. The van der Waals surface area contributed by atoms with Crippen LogP contribution in [-0.2, 0) is 19.2 Å². The molecule has 0 spiro atoms. The van der Waals surface area contributed by atoms with Gasteiger partial charge in [-0.15, -0.1) is 5.06 Å². The Labute approximate surface area is 200 Å². The van der Waals surface area contributed by atoms with Crippen molar-refractivity contribution in [1.29, 1.82) is 0 Å². The molecule has 0 aliphatic carbocycles. The van der Waals surface area contributed by atoms with E-state index in [0.29, 0.717) is 51.1 Å².